The smallest absolute Gasteiger partial charge is 0.264 e. The lowest BCUT2D eigenvalue weighted by Gasteiger charge is -2.02. The number of nitrogens with one attached hydrogen (secondary N) is 1. The number of carbonyl (C=O) groups excluding carboxylic acids is 1. The molecule has 1 fully saturated rings. The fourth-order valence-electron chi connectivity index (χ4n) is 2.68. The van der Waals surface area contributed by atoms with Crippen molar-refractivity contribution in [2.75, 3.05) is 7.11 Å². The normalized spacial score (nSPS) is 16.4. The zero-order valence-electron chi connectivity index (χ0n) is 15.1. The lowest BCUT2D eigenvalue weighted by atomic mass is 10.2. The Bertz CT molecular complexity index is 1120. The third kappa shape index (κ3) is 4.34. The van der Waals surface area contributed by atoms with E-state index in [9.17, 15) is 4.79 Å². The second kappa shape index (κ2) is 8.37. The molecule has 0 bridgehead atoms. The highest BCUT2D eigenvalue weighted by atomic mass is 35.5. The van der Waals surface area contributed by atoms with Crippen LogP contribution in [0.2, 0.25) is 10.0 Å². The summed E-state index contributed by atoms with van der Waals surface area (Å²) in [7, 11) is 1.60. The number of nitrogens with zero attached hydrogens (tertiary/aromatic N) is 1. The number of ether oxygens (including phenoxy) is 1. The summed E-state index contributed by atoms with van der Waals surface area (Å²) in [6.07, 6.45) is 1.66. The first-order chi connectivity index (χ1) is 14.0. The van der Waals surface area contributed by atoms with E-state index in [0.29, 0.717) is 42.9 Å². The Balaban J connectivity index is 1.55. The summed E-state index contributed by atoms with van der Waals surface area (Å²) in [5.41, 5.74) is 1.33. The van der Waals surface area contributed by atoms with Gasteiger partial charge < -0.3 is 14.5 Å². The average molecular weight is 445 g/mol. The molecule has 0 saturated carbocycles. The van der Waals surface area contributed by atoms with Crippen molar-refractivity contribution in [2.24, 2.45) is 4.99 Å². The number of carbonyl (C=O) groups is 1. The van der Waals surface area contributed by atoms with E-state index >= 15 is 0 Å². The number of benzene rings is 2. The van der Waals surface area contributed by atoms with Crippen LogP contribution in [0.25, 0.3) is 17.4 Å². The molecule has 0 unspecified atom stereocenters. The van der Waals surface area contributed by atoms with Crippen molar-refractivity contribution in [3.8, 4) is 17.1 Å². The average Bonchev–Trinajstić information content (AvgIpc) is 3.29. The fourth-order valence-corrected chi connectivity index (χ4v) is 4.09. The number of hydrogen-bond acceptors (Lipinski definition) is 5. The van der Waals surface area contributed by atoms with Crippen molar-refractivity contribution < 1.29 is 13.9 Å². The van der Waals surface area contributed by atoms with Crippen LogP contribution in [0, 0.1) is 0 Å². The topological polar surface area (TPSA) is 63.8 Å². The van der Waals surface area contributed by atoms with E-state index in [-0.39, 0.29) is 5.91 Å². The molecule has 2 heterocycles. The number of amidine groups is 1. The van der Waals surface area contributed by atoms with E-state index in [2.05, 4.69) is 10.3 Å². The molecular weight excluding hydrogens is 431 g/mol. The first-order valence-corrected chi connectivity index (χ1v) is 10.1. The van der Waals surface area contributed by atoms with Gasteiger partial charge in [0, 0.05) is 6.08 Å². The molecule has 5 nitrogen and oxygen atoms in total. The van der Waals surface area contributed by atoms with Crippen LogP contribution in [0.5, 0.6) is 5.75 Å². The lowest BCUT2D eigenvalue weighted by Crippen LogP contribution is -2.19. The van der Waals surface area contributed by atoms with Gasteiger partial charge in [-0.3, -0.25) is 4.79 Å². The lowest BCUT2D eigenvalue weighted by molar-refractivity contribution is -0.115. The van der Waals surface area contributed by atoms with Crippen molar-refractivity contribution in [3.63, 3.8) is 0 Å². The Morgan fingerprint density at radius 1 is 1.07 bits per heavy atom. The molecule has 1 aromatic heterocycles. The van der Waals surface area contributed by atoms with Gasteiger partial charge in [-0.25, -0.2) is 4.99 Å². The fraction of sp³-hybridized carbons (Fsp3) is 0.0476. The third-order valence-electron chi connectivity index (χ3n) is 4.06. The Hall–Kier alpha value is -2.67. The number of aliphatic imine (C=N–C) groups is 1. The quantitative estimate of drug-likeness (QED) is 0.489. The SMILES string of the molecule is COc1ccc(N=C2NC(=O)C(=Cc3ccc(-c4c(Cl)cccc4Cl)o3)S2)cc1. The molecule has 3 aromatic rings. The zero-order valence-corrected chi connectivity index (χ0v) is 17.4. The molecule has 146 valence electrons. The van der Waals surface area contributed by atoms with E-state index in [1.54, 1.807) is 43.5 Å². The zero-order chi connectivity index (χ0) is 20.4. The summed E-state index contributed by atoms with van der Waals surface area (Å²) in [4.78, 5) is 17.2. The first kappa shape index (κ1) is 19.6. The van der Waals surface area contributed by atoms with Crippen molar-refractivity contribution in [2.45, 2.75) is 0 Å². The van der Waals surface area contributed by atoms with Gasteiger partial charge in [0.1, 0.15) is 17.3 Å². The van der Waals surface area contributed by atoms with E-state index in [4.69, 9.17) is 32.4 Å². The summed E-state index contributed by atoms with van der Waals surface area (Å²) in [5, 5.41) is 4.23. The van der Waals surface area contributed by atoms with Gasteiger partial charge >= 0.3 is 0 Å². The highest BCUT2D eigenvalue weighted by molar-refractivity contribution is 8.18. The second-order valence-corrected chi connectivity index (χ2v) is 7.82. The van der Waals surface area contributed by atoms with Crippen LogP contribution in [0.4, 0.5) is 5.69 Å². The number of amides is 1. The van der Waals surface area contributed by atoms with Gasteiger partial charge in [0.2, 0.25) is 0 Å². The van der Waals surface area contributed by atoms with E-state index < -0.39 is 0 Å². The molecule has 8 heteroatoms. The van der Waals surface area contributed by atoms with Gasteiger partial charge in [0.15, 0.2) is 5.17 Å². The van der Waals surface area contributed by atoms with E-state index in [0.717, 1.165) is 5.75 Å². The molecule has 1 aliphatic heterocycles. The van der Waals surface area contributed by atoms with E-state index in [1.807, 2.05) is 24.3 Å². The molecule has 1 aliphatic rings. The summed E-state index contributed by atoms with van der Waals surface area (Å²) in [6, 6.07) is 16.0. The van der Waals surface area contributed by atoms with Crippen LogP contribution in [-0.4, -0.2) is 18.2 Å². The van der Waals surface area contributed by atoms with Crippen LogP contribution in [0.3, 0.4) is 0 Å². The standard InChI is InChI=1S/C21H14Cl2N2O3S/c1-27-13-7-5-12(6-8-13)24-21-25-20(26)18(29-21)11-14-9-10-17(28-14)19-15(22)3-2-4-16(19)23/h2-11H,1H3,(H,24,25,26). The van der Waals surface area contributed by atoms with E-state index in [1.165, 1.54) is 11.8 Å². The van der Waals surface area contributed by atoms with Gasteiger partial charge in [0.25, 0.3) is 5.91 Å². The molecule has 0 atom stereocenters. The highest BCUT2D eigenvalue weighted by Crippen LogP contribution is 2.36. The number of hydrogen-bond donors (Lipinski definition) is 1. The Kier molecular flexibility index (Phi) is 5.67. The number of rotatable bonds is 4. The number of thioether (sulfide) groups is 1. The van der Waals surface area contributed by atoms with Crippen molar-refractivity contribution in [1.29, 1.82) is 0 Å². The minimum absolute atomic E-state index is 0.240. The summed E-state index contributed by atoms with van der Waals surface area (Å²) < 4.78 is 11.0. The number of furan rings is 1. The molecule has 1 N–H and O–H groups in total. The van der Waals surface area contributed by atoms with Crippen LogP contribution in [0.15, 0.2) is 68.9 Å². The van der Waals surface area contributed by atoms with Crippen molar-refractivity contribution in [3.05, 3.63) is 75.3 Å². The Labute approximate surface area is 181 Å². The summed E-state index contributed by atoms with van der Waals surface area (Å²) >= 11 is 13.7. The Morgan fingerprint density at radius 2 is 1.79 bits per heavy atom. The monoisotopic (exact) mass is 444 g/mol. The highest BCUT2D eigenvalue weighted by Gasteiger charge is 2.24. The molecular formula is C21H14Cl2N2O3S. The Morgan fingerprint density at radius 3 is 2.48 bits per heavy atom. The van der Waals surface area contributed by atoms with Crippen LogP contribution >= 0.6 is 35.0 Å². The van der Waals surface area contributed by atoms with Gasteiger partial charge in [-0.1, -0.05) is 29.3 Å². The second-order valence-electron chi connectivity index (χ2n) is 5.98. The minimum atomic E-state index is -0.240. The van der Waals surface area contributed by atoms with Crippen LogP contribution in [0.1, 0.15) is 5.76 Å². The molecule has 4 rings (SSSR count). The maximum Gasteiger partial charge on any atom is 0.264 e. The molecule has 0 radical (unpaired) electrons. The number of methoxy groups -OCH3 is 1. The van der Waals surface area contributed by atoms with Crippen molar-refractivity contribution >= 4 is 57.8 Å². The first-order valence-electron chi connectivity index (χ1n) is 8.51. The largest absolute Gasteiger partial charge is 0.497 e. The third-order valence-corrected chi connectivity index (χ3v) is 5.60. The number of halogens is 2. The van der Waals surface area contributed by atoms with Crippen LogP contribution < -0.4 is 10.1 Å². The molecule has 29 heavy (non-hydrogen) atoms. The minimum Gasteiger partial charge on any atom is -0.497 e. The van der Waals surface area contributed by atoms with Crippen LogP contribution in [-0.2, 0) is 4.79 Å². The predicted molar refractivity (Wildman–Crippen MR) is 118 cm³/mol. The van der Waals surface area contributed by atoms with Gasteiger partial charge in [-0.15, -0.1) is 0 Å². The predicted octanol–water partition coefficient (Wildman–Crippen LogP) is 6.15. The maximum atomic E-state index is 12.3. The van der Waals surface area contributed by atoms with Gasteiger partial charge in [-0.2, -0.15) is 0 Å². The molecule has 1 saturated heterocycles. The summed E-state index contributed by atoms with van der Waals surface area (Å²) in [5.74, 6) is 1.54. The molecule has 1 amide bonds. The molecule has 0 aliphatic carbocycles. The molecule has 0 spiro atoms. The van der Waals surface area contributed by atoms with Gasteiger partial charge in [-0.05, 0) is 60.3 Å². The maximum absolute atomic E-state index is 12.3. The summed E-state index contributed by atoms with van der Waals surface area (Å²) in [6.45, 7) is 0. The molecule has 2 aromatic carbocycles. The van der Waals surface area contributed by atoms with Crippen molar-refractivity contribution in [1.82, 2.24) is 5.32 Å². The van der Waals surface area contributed by atoms with Gasteiger partial charge in [0.05, 0.1) is 33.3 Å².